The number of hydrogen-bond acceptors (Lipinski definition) is 4. The monoisotopic (exact) mass is 268 g/mol. The van der Waals surface area contributed by atoms with Crippen LogP contribution in [-0.4, -0.2) is 9.97 Å². The highest BCUT2D eigenvalue weighted by atomic mass is 15.2. The standard InChI is InChI=1S/C16H20N4/c1-3-6-14-18-15(17)11(2)16(19-14)20-9-12-7-4-5-8-13(12)10-20/h4-5,7-8H,3,6,9-10H2,1-2H3,(H2,17,18,19). The van der Waals surface area contributed by atoms with Gasteiger partial charge in [-0.05, 0) is 24.5 Å². The van der Waals surface area contributed by atoms with E-state index in [4.69, 9.17) is 10.7 Å². The molecule has 1 aliphatic rings. The largest absolute Gasteiger partial charge is 0.383 e. The van der Waals surface area contributed by atoms with Gasteiger partial charge < -0.3 is 10.6 Å². The van der Waals surface area contributed by atoms with E-state index in [1.165, 1.54) is 11.1 Å². The van der Waals surface area contributed by atoms with Crippen LogP contribution in [0.25, 0.3) is 0 Å². The summed E-state index contributed by atoms with van der Waals surface area (Å²) in [6.45, 7) is 5.94. The number of benzene rings is 1. The number of rotatable bonds is 3. The molecule has 3 rings (SSSR count). The van der Waals surface area contributed by atoms with Crippen LogP contribution in [0.5, 0.6) is 0 Å². The number of aryl methyl sites for hydroxylation is 1. The van der Waals surface area contributed by atoms with Gasteiger partial charge in [0.15, 0.2) is 0 Å². The smallest absolute Gasteiger partial charge is 0.137 e. The molecule has 4 nitrogen and oxygen atoms in total. The van der Waals surface area contributed by atoms with E-state index in [9.17, 15) is 0 Å². The molecular formula is C16H20N4. The van der Waals surface area contributed by atoms with Gasteiger partial charge in [0, 0.05) is 25.1 Å². The molecule has 0 amide bonds. The van der Waals surface area contributed by atoms with Gasteiger partial charge in [0.05, 0.1) is 0 Å². The Balaban J connectivity index is 1.95. The van der Waals surface area contributed by atoms with Crippen LogP contribution in [0.1, 0.15) is 35.9 Å². The molecule has 1 aliphatic heterocycles. The molecule has 0 atom stereocenters. The summed E-state index contributed by atoms with van der Waals surface area (Å²) in [5.41, 5.74) is 9.78. The minimum atomic E-state index is 0.606. The second-order valence-electron chi connectivity index (χ2n) is 5.35. The molecule has 2 N–H and O–H groups in total. The average molecular weight is 268 g/mol. The summed E-state index contributed by atoms with van der Waals surface area (Å²) < 4.78 is 0. The van der Waals surface area contributed by atoms with Crippen molar-refractivity contribution in [1.29, 1.82) is 0 Å². The third-order valence-corrected chi connectivity index (χ3v) is 3.82. The minimum Gasteiger partial charge on any atom is -0.383 e. The Morgan fingerprint density at radius 2 is 1.80 bits per heavy atom. The fraction of sp³-hybridized carbons (Fsp3) is 0.375. The van der Waals surface area contributed by atoms with E-state index in [1.54, 1.807) is 0 Å². The summed E-state index contributed by atoms with van der Waals surface area (Å²) in [5, 5.41) is 0. The van der Waals surface area contributed by atoms with E-state index in [-0.39, 0.29) is 0 Å². The van der Waals surface area contributed by atoms with Crippen LogP contribution < -0.4 is 10.6 Å². The highest BCUT2D eigenvalue weighted by Crippen LogP contribution is 2.30. The number of nitrogens with zero attached hydrogens (tertiary/aromatic N) is 3. The summed E-state index contributed by atoms with van der Waals surface area (Å²) in [6.07, 6.45) is 1.90. The van der Waals surface area contributed by atoms with Gasteiger partial charge >= 0.3 is 0 Å². The number of aromatic nitrogens is 2. The van der Waals surface area contributed by atoms with Crippen molar-refractivity contribution in [3.63, 3.8) is 0 Å². The molecule has 104 valence electrons. The van der Waals surface area contributed by atoms with Crippen LogP contribution in [-0.2, 0) is 19.5 Å². The maximum Gasteiger partial charge on any atom is 0.137 e. The van der Waals surface area contributed by atoms with Gasteiger partial charge in [-0.2, -0.15) is 0 Å². The summed E-state index contributed by atoms with van der Waals surface area (Å²) in [7, 11) is 0. The fourth-order valence-electron chi connectivity index (χ4n) is 2.69. The number of nitrogens with two attached hydrogens (primary N) is 1. The molecule has 0 unspecified atom stereocenters. The highest BCUT2D eigenvalue weighted by Gasteiger charge is 2.22. The first-order valence-electron chi connectivity index (χ1n) is 7.13. The van der Waals surface area contributed by atoms with Crippen molar-refractivity contribution in [3.05, 3.63) is 46.8 Å². The lowest BCUT2D eigenvalue weighted by Crippen LogP contribution is -2.19. The summed E-state index contributed by atoms with van der Waals surface area (Å²) in [5.74, 6) is 2.44. The van der Waals surface area contributed by atoms with Crippen molar-refractivity contribution in [1.82, 2.24) is 9.97 Å². The van der Waals surface area contributed by atoms with Gasteiger partial charge in [0.2, 0.25) is 0 Å². The SMILES string of the molecule is CCCc1nc(N)c(C)c(N2Cc3ccccc3C2)n1. The quantitative estimate of drug-likeness (QED) is 0.930. The Morgan fingerprint density at radius 1 is 1.15 bits per heavy atom. The Morgan fingerprint density at radius 3 is 2.40 bits per heavy atom. The van der Waals surface area contributed by atoms with E-state index < -0.39 is 0 Å². The first-order chi connectivity index (χ1) is 9.69. The van der Waals surface area contributed by atoms with Crippen molar-refractivity contribution in [2.24, 2.45) is 0 Å². The molecular weight excluding hydrogens is 248 g/mol. The van der Waals surface area contributed by atoms with Gasteiger partial charge in [-0.3, -0.25) is 0 Å². The Hall–Kier alpha value is -2.10. The average Bonchev–Trinajstić information content (AvgIpc) is 2.86. The van der Waals surface area contributed by atoms with E-state index in [2.05, 4.69) is 41.1 Å². The molecule has 2 aromatic rings. The number of nitrogen functional groups attached to an aromatic ring is 1. The third-order valence-electron chi connectivity index (χ3n) is 3.82. The lowest BCUT2D eigenvalue weighted by molar-refractivity contribution is 0.794. The topological polar surface area (TPSA) is 55.0 Å². The Kier molecular flexibility index (Phi) is 3.30. The predicted octanol–water partition coefficient (Wildman–Crippen LogP) is 2.84. The van der Waals surface area contributed by atoms with E-state index >= 15 is 0 Å². The van der Waals surface area contributed by atoms with Gasteiger partial charge in [-0.25, -0.2) is 9.97 Å². The zero-order valence-electron chi connectivity index (χ0n) is 12.1. The fourth-order valence-corrected chi connectivity index (χ4v) is 2.69. The second-order valence-corrected chi connectivity index (χ2v) is 5.35. The lowest BCUT2D eigenvalue weighted by Gasteiger charge is -2.20. The molecule has 0 spiro atoms. The van der Waals surface area contributed by atoms with Crippen LogP contribution in [0.3, 0.4) is 0 Å². The summed E-state index contributed by atoms with van der Waals surface area (Å²) in [4.78, 5) is 11.4. The van der Waals surface area contributed by atoms with E-state index in [0.717, 1.165) is 43.1 Å². The van der Waals surface area contributed by atoms with Crippen LogP contribution in [0.15, 0.2) is 24.3 Å². The zero-order valence-corrected chi connectivity index (χ0v) is 12.1. The van der Waals surface area contributed by atoms with E-state index in [0.29, 0.717) is 5.82 Å². The number of hydrogen-bond donors (Lipinski definition) is 1. The van der Waals surface area contributed by atoms with Crippen molar-refractivity contribution in [3.8, 4) is 0 Å². The van der Waals surface area contributed by atoms with Crippen LogP contribution in [0.2, 0.25) is 0 Å². The molecule has 2 heterocycles. The first kappa shape index (κ1) is 12.9. The van der Waals surface area contributed by atoms with Crippen molar-refractivity contribution in [2.75, 3.05) is 10.6 Å². The molecule has 1 aromatic carbocycles. The first-order valence-corrected chi connectivity index (χ1v) is 7.13. The number of anilines is 2. The molecule has 4 heteroatoms. The molecule has 0 bridgehead atoms. The Labute approximate surface area is 119 Å². The maximum atomic E-state index is 6.05. The van der Waals surface area contributed by atoms with Gasteiger partial charge in [-0.1, -0.05) is 31.2 Å². The van der Waals surface area contributed by atoms with Gasteiger partial charge in [0.25, 0.3) is 0 Å². The molecule has 20 heavy (non-hydrogen) atoms. The highest BCUT2D eigenvalue weighted by molar-refractivity contribution is 5.58. The summed E-state index contributed by atoms with van der Waals surface area (Å²) >= 11 is 0. The zero-order chi connectivity index (χ0) is 14.1. The van der Waals surface area contributed by atoms with Crippen molar-refractivity contribution >= 4 is 11.6 Å². The minimum absolute atomic E-state index is 0.606. The maximum absolute atomic E-state index is 6.05. The number of fused-ring (bicyclic) bond motifs is 1. The second kappa shape index (κ2) is 5.12. The molecule has 0 saturated heterocycles. The Bertz CT molecular complexity index is 611. The third kappa shape index (κ3) is 2.22. The summed E-state index contributed by atoms with van der Waals surface area (Å²) in [6, 6.07) is 8.54. The van der Waals surface area contributed by atoms with Crippen LogP contribution >= 0.6 is 0 Å². The molecule has 1 aromatic heterocycles. The van der Waals surface area contributed by atoms with Crippen molar-refractivity contribution < 1.29 is 0 Å². The van der Waals surface area contributed by atoms with Crippen LogP contribution in [0.4, 0.5) is 11.6 Å². The lowest BCUT2D eigenvalue weighted by atomic mass is 10.1. The predicted molar refractivity (Wildman–Crippen MR) is 81.5 cm³/mol. The molecule has 0 fully saturated rings. The van der Waals surface area contributed by atoms with Crippen molar-refractivity contribution in [2.45, 2.75) is 39.8 Å². The van der Waals surface area contributed by atoms with Gasteiger partial charge in [0.1, 0.15) is 17.5 Å². The normalized spacial score (nSPS) is 13.6. The molecule has 0 saturated carbocycles. The van der Waals surface area contributed by atoms with Crippen LogP contribution in [0, 0.1) is 6.92 Å². The molecule has 0 aliphatic carbocycles. The molecule has 0 radical (unpaired) electrons. The van der Waals surface area contributed by atoms with Gasteiger partial charge in [-0.15, -0.1) is 0 Å². The van der Waals surface area contributed by atoms with E-state index in [1.807, 2.05) is 6.92 Å².